The first-order valence-electron chi connectivity index (χ1n) is 8.76. The molecule has 5 nitrogen and oxygen atoms in total. The van der Waals surface area contributed by atoms with Gasteiger partial charge in [0.15, 0.2) is 5.96 Å². The van der Waals surface area contributed by atoms with Gasteiger partial charge in [0.25, 0.3) is 0 Å². The Hall–Kier alpha value is -1.49. The van der Waals surface area contributed by atoms with E-state index in [0.717, 1.165) is 11.9 Å². The molecule has 3 N–H and O–H groups in total. The van der Waals surface area contributed by atoms with Crippen LogP contribution in [0.5, 0.6) is 0 Å². The maximum Gasteiger partial charge on any atom is 0.401 e. The van der Waals surface area contributed by atoms with E-state index in [9.17, 15) is 13.2 Å². The van der Waals surface area contributed by atoms with Crippen molar-refractivity contribution in [3.8, 4) is 0 Å². The largest absolute Gasteiger partial charge is 0.401 e. The third-order valence-electron chi connectivity index (χ3n) is 4.60. The zero-order valence-electron chi connectivity index (χ0n) is 15.1. The fraction of sp³-hybridized carbons (Fsp3) is 0.500. The molecule has 150 valence electrons. The van der Waals surface area contributed by atoms with Crippen molar-refractivity contribution in [1.29, 1.82) is 0 Å². The smallest absolute Gasteiger partial charge is 0.361 e. The fourth-order valence-electron chi connectivity index (χ4n) is 3.39. The molecule has 1 aromatic carbocycles. The maximum atomic E-state index is 12.5. The minimum absolute atomic E-state index is 0. The van der Waals surface area contributed by atoms with Gasteiger partial charge in [-0.05, 0) is 24.5 Å². The highest BCUT2D eigenvalue weighted by atomic mass is 127. The molecule has 0 aliphatic carbocycles. The molecule has 27 heavy (non-hydrogen) atoms. The number of hydrogen-bond donors (Lipinski definition) is 3. The number of rotatable bonds is 5. The van der Waals surface area contributed by atoms with Gasteiger partial charge in [-0.3, -0.25) is 9.89 Å². The van der Waals surface area contributed by atoms with Crippen molar-refractivity contribution in [2.24, 2.45) is 4.99 Å². The third kappa shape index (κ3) is 6.27. The summed E-state index contributed by atoms with van der Waals surface area (Å²) in [5.41, 5.74) is 2.33. The van der Waals surface area contributed by atoms with Gasteiger partial charge in [-0.1, -0.05) is 18.2 Å². The van der Waals surface area contributed by atoms with E-state index in [1.165, 1.54) is 15.8 Å². The number of nitrogens with zero attached hydrogens (tertiary/aromatic N) is 2. The molecular formula is C18H25F3IN5. The van der Waals surface area contributed by atoms with Gasteiger partial charge in [0.1, 0.15) is 0 Å². The number of alkyl halides is 3. The van der Waals surface area contributed by atoms with E-state index in [0.29, 0.717) is 32.0 Å². The van der Waals surface area contributed by atoms with Crippen LogP contribution in [-0.2, 0) is 6.42 Å². The monoisotopic (exact) mass is 495 g/mol. The Balaban J connectivity index is 0.00000261. The molecule has 3 rings (SSSR count). The standard InChI is InChI=1S/C18H24F3N5.HI/c1-22-17(25-14-7-9-26(11-14)12-18(19,20)21)23-8-6-13-10-24-16-5-3-2-4-15(13)16;/h2-5,10,14,24H,6-9,11-12H2,1H3,(H2,22,23,25);1H. The zero-order valence-corrected chi connectivity index (χ0v) is 17.5. The molecule has 0 spiro atoms. The highest BCUT2D eigenvalue weighted by molar-refractivity contribution is 14.0. The van der Waals surface area contributed by atoms with Crippen LogP contribution in [0.1, 0.15) is 12.0 Å². The lowest BCUT2D eigenvalue weighted by Gasteiger charge is -2.19. The lowest BCUT2D eigenvalue weighted by atomic mass is 10.1. The molecule has 1 unspecified atom stereocenters. The van der Waals surface area contributed by atoms with Gasteiger partial charge in [-0.2, -0.15) is 13.2 Å². The lowest BCUT2D eigenvalue weighted by Crippen LogP contribution is -2.45. The number of aliphatic imine (C=N–C) groups is 1. The molecule has 0 saturated carbocycles. The van der Waals surface area contributed by atoms with Crippen LogP contribution in [0, 0.1) is 0 Å². The summed E-state index contributed by atoms with van der Waals surface area (Å²) in [6.07, 6.45) is -0.628. The van der Waals surface area contributed by atoms with E-state index in [4.69, 9.17) is 0 Å². The van der Waals surface area contributed by atoms with Gasteiger partial charge in [0, 0.05) is 49.8 Å². The summed E-state index contributed by atoms with van der Waals surface area (Å²) in [4.78, 5) is 8.86. The minimum atomic E-state index is -4.14. The van der Waals surface area contributed by atoms with Crippen LogP contribution in [0.4, 0.5) is 13.2 Å². The average molecular weight is 495 g/mol. The Labute approximate surface area is 173 Å². The van der Waals surface area contributed by atoms with E-state index in [1.807, 2.05) is 24.4 Å². The SMILES string of the molecule is CN=C(NCCc1c[nH]c2ccccc12)NC1CCN(CC(F)(F)F)C1.I. The molecule has 2 aromatic rings. The van der Waals surface area contributed by atoms with E-state index in [2.05, 4.69) is 26.7 Å². The first-order valence-corrected chi connectivity index (χ1v) is 8.76. The van der Waals surface area contributed by atoms with E-state index < -0.39 is 12.7 Å². The van der Waals surface area contributed by atoms with Crippen molar-refractivity contribution in [3.05, 3.63) is 36.0 Å². The minimum Gasteiger partial charge on any atom is -0.361 e. The molecule has 1 aliphatic rings. The molecule has 2 heterocycles. The van der Waals surface area contributed by atoms with Crippen LogP contribution in [0.15, 0.2) is 35.5 Å². The molecule has 1 aliphatic heterocycles. The first-order chi connectivity index (χ1) is 12.4. The van der Waals surface area contributed by atoms with Gasteiger partial charge in [-0.25, -0.2) is 0 Å². The second-order valence-electron chi connectivity index (χ2n) is 6.59. The summed E-state index contributed by atoms with van der Waals surface area (Å²) in [6.45, 7) is 0.671. The normalized spacial score (nSPS) is 18.5. The van der Waals surface area contributed by atoms with Gasteiger partial charge in [-0.15, -0.1) is 24.0 Å². The Bertz CT molecular complexity index is 759. The van der Waals surface area contributed by atoms with E-state index in [-0.39, 0.29) is 30.0 Å². The number of benzene rings is 1. The second-order valence-corrected chi connectivity index (χ2v) is 6.59. The highest BCUT2D eigenvalue weighted by Crippen LogP contribution is 2.20. The number of aromatic nitrogens is 1. The number of guanidine groups is 1. The van der Waals surface area contributed by atoms with Crippen molar-refractivity contribution in [2.75, 3.05) is 33.2 Å². The summed E-state index contributed by atoms with van der Waals surface area (Å²) >= 11 is 0. The Morgan fingerprint density at radius 3 is 2.85 bits per heavy atom. The number of hydrogen-bond acceptors (Lipinski definition) is 2. The van der Waals surface area contributed by atoms with E-state index >= 15 is 0 Å². The van der Waals surface area contributed by atoms with Crippen LogP contribution in [-0.4, -0.2) is 61.3 Å². The zero-order chi connectivity index (χ0) is 18.6. The van der Waals surface area contributed by atoms with Crippen LogP contribution >= 0.6 is 24.0 Å². The number of fused-ring (bicyclic) bond motifs is 1. The summed E-state index contributed by atoms with van der Waals surface area (Å²) in [5.74, 6) is 0.628. The molecule has 0 amide bonds. The van der Waals surface area contributed by atoms with Gasteiger partial charge >= 0.3 is 6.18 Å². The number of likely N-dealkylation sites (tertiary alicyclic amines) is 1. The molecule has 0 radical (unpaired) electrons. The lowest BCUT2D eigenvalue weighted by molar-refractivity contribution is -0.143. The number of H-pyrrole nitrogens is 1. The van der Waals surface area contributed by atoms with Crippen LogP contribution < -0.4 is 10.6 Å². The third-order valence-corrected chi connectivity index (χ3v) is 4.60. The van der Waals surface area contributed by atoms with Crippen molar-refractivity contribution in [2.45, 2.75) is 25.1 Å². The topological polar surface area (TPSA) is 55.5 Å². The first kappa shape index (κ1) is 21.8. The van der Waals surface area contributed by atoms with Crippen molar-refractivity contribution >= 4 is 40.8 Å². The average Bonchev–Trinajstić information content (AvgIpc) is 3.19. The molecule has 1 atom stereocenters. The second kappa shape index (κ2) is 9.63. The predicted molar refractivity (Wildman–Crippen MR) is 113 cm³/mol. The van der Waals surface area contributed by atoms with Gasteiger partial charge < -0.3 is 15.6 Å². The Morgan fingerprint density at radius 1 is 1.33 bits per heavy atom. The maximum absolute atomic E-state index is 12.5. The van der Waals surface area contributed by atoms with Gasteiger partial charge in [0.05, 0.1) is 6.54 Å². The van der Waals surface area contributed by atoms with Crippen LogP contribution in [0.2, 0.25) is 0 Å². The molecule has 9 heteroatoms. The van der Waals surface area contributed by atoms with E-state index in [1.54, 1.807) is 7.05 Å². The van der Waals surface area contributed by atoms with Crippen LogP contribution in [0.25, 0.3) is 10.9 Å². The summed E-state index contributed by atoms with van der Waals surface area (Å²) in [7, 11) is 1.67. The molecule has 0 bridgehead atoms. The number of aromatic amines is 1. The summed E-state index contributed by atoms with van der Waals surface area (Å²) in [5, 5.41) is 7.67. The molecule has 1 fully saturated rings. The van der Waals surface area contributed by atoms with Gasteiger partial charge in [0.2, 0.25) is 0 Å². The Morgan fingerprint density at radius 2 is 2.11 bits per heavy atom. The van der Waals surface area contributed by atoms with Crippen molar-refractivity contribution < 1.29 is 13.2 Å². The van der Waals surface area contributed by atoms with Crippen molar-refractivity contribution in [3.63, 3.8) is 0 Å². The van der Waals surface area contributed by atoms with Crippen molar-refractivity contribution in [1.82, 2.24) is 20.5 Å². The van der Waals surface area contributed by atoms with Crippen LogP contribution in [0.3, 0.4) is 0 Å². The molecular weight excluding hydrogens is 470 g/mol. The molecule has 1 aromatic heterocycles. The predicted octanol–water partition coefficient (Wildman–Crippen LogP) is 3.13. The number of para-hydroxylation sites is 1. The highest BCUT2D eigenvalue weighted by Gasteiger charge is 2.34. The quantitative estimate of drug-likeness (QED) is 0.340. The fourth-order valence-corrected chi connectivity index (χ4v) is 3.39. The summed E-state index contributed by atoms with van der Waals surface area (Å²) < 4.78 is 37.4. The number of halogens is 4. The number of nitrogens with one attached hydrogen (secondary N) is 3. The summed E-state index contributed by atoms with van der Waals surface area (Å²) in [6, 6.07) is 8.12. The Kier molecular flexibility index (Phi) is 7.78. The molecule has 1 saturated heterocycles.